The molecular formula is C14H12ClF6N3O2S2. The number of aromatic nitrogens is 1. The van der Waals surface area contributed by atoms with Gasteiger partial charge in [-0.15, -0.1) is 12.4 Å². The highest BCUT2D eigenvalue weighted by molar-refractivity contribution is 7.93. The van der Waals surface area contributed by atoms with Gasteiger partial charge < -0.3 is 5.32 Å². The van der Waals surface area contributed by atoms with Gasteiger partial charge in [-0.1, -0.05) is 11.3 Å². The molecule has 28 heavy (non-hydrogen) atoms. The van der Waals surface area contributed by atoms with Crippen molar-refractivity contribution in [2.75, 3.05) is 11.3 Å². The van der Waals surface area contributed by atoms with Crippen LogP contribution in [-0.4, -0.2) is 19.9 Å². The number of benzene rings is 1. The van der Waals surface area contributed by atoms with Gasteiger partial charge in [-0.3, -0.25) is 4.72 Å². The average molecular weight is 468 g/mol. The zero-order valence-electron chi connectivity index (χ0n) is 13.6. The van der Waals surface area contributed by atoms with Crippen LogP contribution in [0.1, 0.15) is 21.7 Å². The summed E-state index contributed by atoms with van der Waals surface area (Å²) in [5.41, 5.74) is -2.78. The normalized spacial score (nSPS) is 14.9. The topological polar surface area (TPSA) is 71.1 Å². The van der Waals surface area contributed by atoms with Crippen molar-refractivity contribution in [3.63, 3.8) is 0 Å². The van der Waals surface area contributed by atoms with Crippen LogP contribution in [0.2, 0.25) is 0 Å². The Morgan fingerprint density at radius 2 is 1.61 bits per heavy atom. The molecule has 0 atom stereocenters. The SMILES string of the molecule is Cl.O=S(=O)(Nc1nc2c(s1)CNCC2)c1cc(C(F)(F)F)cc(C(F)(F)F)c1. The molecule has 14 heteroatoms. The number of sulfonamides is 1. The third-order valence-corrected chi connectivity index (χ3v) is 6.16. The van der Waals surface area contributed by atoms with Gasteiger partial charge in [0.2, 0.25) is 0 Å². The zero-order chi connectivity index (χ0) is 20.0. The van der Waals surface area contributed by atoms with Crippen LogP contribution in [0.3, 0.4) is 0 Å². The lowest BCUT2D eigenvalue weighted by molar-refractivity contribution is -0.143. The van der Waals surface area contributed by atoms with Crippen molar-refractivity contribution < 1.29 is 34.8 Å². The molecule has 2 heterocycles. The molecule has 2 N–H and O–H groups in total. The highest BCUT2D eigenvalue weighted by Crippen LogP contribution is 2.37. The molecule has 1 aliphatic rings. The van der Waals surface area contributed by atoms with Crippen molar-refractivity contribution in [1.29, 1.82) is 0 Å². The lowest BCUT2D eigenvalue weighted by atomic mass is 10.1. The molecule has 0 saturated carbocycles. The van der Waals surface area contributed by atoms with E-state index in [0.717, 1.165) is 16.2 Å². The molecule has 156 valence electrons. The van der Waals surface area contributed by atoms with Crippen LogP contribution in [0.5, 0.6) is 0 Å². The molecule has 1 aromatic carbocycles. The Balaban J connectivity index is 0.00000280. The quantitative estimate of drug-likeness (QED) is 0.668. The van der Waals surface area contributed by atoms with Crippen LogP contribution in [0, 0.1) is 0 Å². The van der Waals surface area contributed by atoms with Crippen molar-refractivity contribution in [1.82, 2.24) is 10.3 Å². The van der Waals surface area contributed by atoms with Gasteiger partial charge in [-0.05, 0) is 18.2 Å². The van der Waals surface area contributed by atoms with E-state index < -0.39 is 38.4 Å². The molecule has 0 radical (unpaired) electrons. The van der Waals surface area contributed by atoms with E-state index in [2.05, 4.69) is 10.3 Å². The number of thiazole rings is 1. The fourth-order valence-electron chi connectivity index (χ4n) is 2.42. The van der Waals surface area contributed by atoms with Crippen LogP contribution < -0.4 is 10.0 Å². The summed E-state index contributed by atoms with van der Waals surface area (Å²) in [6.07, 6.45) is -9.75. The van der Waals surface area contributed by atoms with Gasteiger partial charge in [0, 0.05) is 24.4 Å². The van der Waals surface area contributed by atoms with Crippen LogP contribution in [0.25, 0.3) is 0 Å². The lowest BCUT2D eigenvalue weighted by Gasteiger charge is -2.14. The summed E-state index contributed by atoms with van der Waals surface area (Å²) in [4.78, 5) is 3.65. The van der Waals surface area contributed by atoms with E-state index in [-0.39, 0.29) is 35.7 Å². The first kappa shape index (κ1) is 22.7. The summed E-state index contributed by atoms with van der Waals surface area (Å²) >= 11 is 0.968. The third kappa shape index (κ3) is 4.88. The molecule has 0 fully saturated rings. The molecule has 0 amide bonds. The number of halogens is 7. The van der Waals surface area contributed by atoms with E-state index in [0.29, 0.717) is 25.2 Å². The van der Waals surface area contributed by atoms with E-state index in [9.17, 15) is 34.8 Å². The van der Waals surface area contributed by atoms with Crippen molar-refractivity contribution >= 4 is 38.9 Å². The van der Waals surface area contributed by atoms with E-state index in [1.807, 2.05) is 4.72 Å². The molecule has 2 aromatic rings. The van der Waals surface area contributed by atoms with Crippen LogP contribution >= 0.6 is 23.7 Å². The maximum atomic E-state index is 12.9. The van der Waals surface area contributed by atoms with Crippen LogP contribution in [0.15, 0.2) is 23.1 Å². The summed E-state index contributed by atoms with van der Waals surface area (Å²) in [6, 6.07) is 0.187. The van der Waals surface area contributed by atoms with Gasteiger partial charge in [-0.2, -0.15) is 26.3 Å². The van der Waals surface area contributed by atoms with E-state index >= 15 is 0 Å². The number of anilines is 1. The first-order valence-corrected chi connectivity index (χ1v) is 9.68. The van der Waals surface area contributed by atoms with E-state index in [1.165, 1.54) is 0 Å². The van der Waals surface area contributed by atoms with Gasteiger partial charge >= 0.3 is 12.4 Å². The van der Waals surface area contributed by atoms with Crippen molar-refractivity contribution in [3.8, 4) is 0 Å². The largest absolute Gasteiger partial charge is 0.416 e. The van der Waals surface area contributed by atoms with Crippen molar-refractivity contribution in [2.45, 2.75) is 30.2 Å². The molecule has 0 aliphatic carbocycles. The molecule has 1 aliphatic heterocycles. The second-order valence-corrected chi connectivity index (χ2v) is 8.43. The summed E-state index contributed by atoms with van der Waals surface area (Å²) < 4.78 is 104. The molecule has 3 rings (SSSR count). The molecule has 0 spiro atoms. The number of nitrogens with one attached hydrogen (secondary N) is 2. The Morgan fingerprint density at radius 1 is 1.04 bits per heavy atom. The maximum Gasteiger partial charge on any atom is 0.416 e. The van der Waals surface area contributed by atoms with Gasteiger partial charge in [0.15, 0.2) is 5.13 Å². The van der Waals surface area contributed by atoms with E-state index in [1.54, 1.807) is 0 Å². The first-order chi connectivity index (χ1) is 12.4. The van der Waals surface area contributed by atoms with E-state index in [4.69, 9.17) is 0 Å². The molecule has 5 nitrogen and oxygen atoms in total. The summed E-state index contributed by atoms with van der Waals surface area (Å²) in [6.45, 7) is 1.09. The number of nitrogens with zero attached hydrogens (tertiary/aromatic N) is 1. The monoisotopic (exact) mass is 467 g/mol. The fourth-order valence-corrected chi connectivity index (χ4v) is 4.71. The second kappa shape index (κ2) is 7.69. The highest BCUT2D eigenvalue weighted by atomic mass is 35.5. The minimum absolute atomic E-state index is 0. The highest BCUT2D eigenvalue weighted by Gasteiger charge is 2.38. The van der Waals surface area contributed by atoms with Crippen molar-refractivity contribution in [3.05, 3.63) is 39.9 Å². The summed E-state index contributed by atoms with van der Waals surface area (Å²) in [5.74, 6) is 0. The smallest absolute Gasteiger partial charge is 0.311 e. The minimum Gasteiger partial charge on any atom is -0.311 e. The molecule has 0 bridgehead atoms. The van der Waals surface area contributed by atoms with Crippen molar-refractivity contribution in [2.24, 2.45) is 0 Å². The van der Waals surface area contributed by atoms with Gasteiger partial charge in [0.05, 0.1) is 21.7 Å². The lowest BCUT2D eigenvalue weighted by Crippen LogP contribution is -2.22. The predicted molar refractivity (Wildman–Crippen MR) is 92.0 cm³/mol. The maximum absolute atomic E-state index is 12.9. The standard InChI is InChI=1S/C14H11F6N3O2S2.ClH/c15-13(16,17)7-3-8(14(18,19)20)5-9(4-7)27(24,25)23-12-22-10-1-2-21-6-11(10)26-12;/h3-5,21H,1-2,6H2,(H,22,23);1H. The zero-order valence-corrected chi connectivity index (χ0v) is 16.1. The number of rotatable bonds is 3. The van der Waals surface area contributed by atoms with Gasteiger partial charge in [0.1, 0.15) is 0 Å². The Morgan fingerprint density at radius 3 is 2.11 bits per heavy atom. The summed E-state index contributed by atoms with van der Waals surface area (Å²) in [7, 11) is -4.70. The summed E-state index contributed by atoms with van der Waals surface area (Å²) in [5, 5.41) is 2.92. The third-order valence-electron chi connectivity index (χ3n) is 3.70. The minimum atomic E-state index is -5.14. The molecule has 0 saturated heterocycles. The molecular weight excluding hydrogens is 456 g/mol. The Hall–Kier alpha value is -1.57. The average Bonchev–Trinajstić information content (AvgIpc) is 2.94. The van der Waals surface area contributed by atoms with Gasteiger partial charge in [-0.25, -0.2) is 13.4 Å². The number of hydrogen-bond acceptors (Lipinski definition) is 5. The number of hydrogen-bond donors (Lipinski definition) is 2. The number of alkyl halides is 6. The Labute approximate surface area is 165 Å². The first-order valence-electron chi connectivity index (χ1n) is 7.38. The van der Waals surface area contributed by atoms with Gasteiger partial charge in [0.25, 0.3) is 10.0 Å². The number of fused-ring (bicyclic) bond motifs is 1. The molecule has 1 aromatic heterocycles. The second-order valence-electron chi connectivity index (χ2n) is 5.66. The fraction of sp³-hybridized carbons (Fsp3) is 0.357. The van der Waals surface area contributed by atoms with Crippen LogP contribution in [-0.2, 0) is 35.3 Å². The Kier molecular flexibility index (Phi) is 6.24. The molecule has 0 unspecified atom stereocenters. The van der Waals surface area contributed by atoms with Crippen LogP contribution in [0.4, 0.5) is 31.5 Å². The predicted octanol–water partition coefficient (Wildman–Crippen LogP) is 4.05. The Bertz CT molecular complexity index is 917.